The van der Waals surface area contributed by atoms with Gasteiger partial charge in [0.25, 0.3) is 0 Å². The molecule has 0 bridgehead atoms. The van der Waals surface area contributed by atoms with E-state index in [1.807, 2.05) is 0 Å². The molecule has 0 aromatic rings. The summed E-state index contributed by atoms with van der Waals surface area (Å²) in [6.07, 6.45) is 2.04. The summed E-state index contributed by atoms with van der Waals surface area (Å²) in [6.45, 7) is -0.216. The van der Waals surface area contributed by atoms with E-state index in [0.29, 0.717) is 0 Å². The molecule has 0 unspecified atom stereocenters. The minimum absolute atomic E-state index is 0.216. The average Bonchev–Trinajstić information content (AvgIpc) is 1.61. The number of aliphatic carboxylic acids is 1. The Labute approximate surface area is 40.9 Å². The van der Waals surface area contributed by atoms with Crippen LogP contribution in [0.5, 0.6) is 0 Å². The highest BCUT2D eigenvalue weighted by Gasteiger charge is 1.79. The third-order valence-corrected chi connectivity index (χ3v) is 0.366. The smallest absolute Gasteiger partial charge is 0.328 e. The van der Waals surface area contributed by atoms with Gasteiger partial charge < -0.3 is 10.2 Å². The van der Waals surface area contributed by atoms with E-state index >= 15 is 0 Å². The largest absolute Gasteiger partial charge is 0.478 e. The van der Waals surface area contributed by atoms with Gasteiger partial charge in [-0.1, -0.05) is 6.08 Å². The molecule has 0 spiro atoms. The van der Waals surface area contributed by atoms with Crippen molar-refractivity contribution in [2.75, 3.05) is 6.61 Å². The normalized spacial score (nSPS) is 9.86. The summed E-state index contributed by atoms with van der Waals surface area (Å²) in [5.74, 6) is -1.03. The minimum atomic E-state index is -1.03. The van der Waals surface area contributed by atoms with Gasteiger partial charge in [0.2, 0.25) is 0 Å². The van der Waals surface area contributed by atoms with Crippen LogP contribution in [0.2, 0.25) is 0 Å². The van der Waals surface area contributed by atoms with Crippen molar-refractivity contribution in [2.24, 2.45) is 0 Å². The quantitative estimate of drug-likeness (QED) is 0.372. The van der Waals surface area contributed by atoms with Crippen LogP contribution in [-0.2, 0) is 4.79 Å². The first-order valence-corrected chi connectivity index (χ1v) is 1.77. The first-order valence-electron chi connectivity index (χ1n) is 1.77. The highest BCUT2D eigenvalue weighted by molar-refractivity contribution is 5.79. The van der Waals surface area contributed by atoms with Crippen molar-refractivity contribution < 1.29 is 15.0 Å². The van der Waals surface area contributed by atoms with Crippen molar-refractivity contribution in [1.82, 2.24) is 0 Å². The maximum atomic E-state index is 9.56. The molecule has 0 radical (unpaired) electrons. The van der Waals surface area contributed by atoms with Crippen LogP contribution >= 0.6 is 0 Å². The van der Waals surface area contributed by atoms with Gasteiger partial charge in [-0.15, -0.1) is 0 Å². The number of hydrogen-bond donors (Lipinski definition) is 2. The summed E-state index contributed by atoms with van der Waals surface area (Å²) < 4.78 is 0. The Balaban J connectivity index is 3.26. The Bertz CT molecular complexity index is 84.9. The lowest BCUT2D eigenvalue weighted by Crippen LogP contribution is -1.86. The molecule has 0 aromatic carbocycles. The predicted octanol–water partition coefficient (Wildman–Crippen LogP) is -0.381. The van der Waals surface area contributed by atoms with Gasteiger partial charge in [0, 0.05) is 6.08 Å². The van der Waals surface area contributed by atoms with E-state index in [2.05, 4.69) is 0 Å². The zero-order valence-electron chi connectivity index (χ0n) is 3.66. The van der Waals surface area contributed by atoms with E-state index in [4.69, 9.17) is 10.2 Å². The monoisotopic (exact) mass is 106 g/mol. The van der Waals surface area contributed by atoms with Gasteiger partial charge >= 0.3 is 5.97 Å². The number of rotatable bonds is 2. The van der Waals surface area contributed by atoms with Gasteiger partial charge in [-0.05, 0) is 0 Å². The molecule has 0 atom stereocenters. The Kier molecular flexibility index (Phi) is 2.96. The lowest BCUT2D eigenvalue weighted by molar-refractivity contribution is -0.131. The molecule has 0 aliphatic rings. The third kappa shape index (κ3) is 5.17. The summed E-state index contributed by atoms with van der Waals surface area (Å²) in [4.78, 5) is 9.56. The molecule has 3 nitrogen and oxygen atoms in total. The van der Waals surface area contributed by atoms with Crippen molar-refractivity contribution in [3.8, 4) is 0 Å². The number of hydrogen-bond acceptors (Lipinski definition) is 2. The van der Waals surface area contributed by atoms with Crippen LogP contribution in [0, 0.1) is 0 Å². The molecule has 0 aliphatic carbocycles. The summed E-state index contributed by atoms with van der Waals surface area (Å²) in [5, 5.41) is 15.8. The molecule has 40 valence electrons. The Hall–Kier alpha value is -0.830. The second-order valence-corrected chi connectivity index (χ2v) is 0.923. The Morgan fingerprint density at radius 3 is 2.43 bits per heavy atom. The van der Waals surface area contributed by atoms with Crippen LogP contribution in [0.1, 0.15) is 0 Å². The summed E-state index contributed by atoms with van der Waals surface area (Å²) >= 11 is 0. The molecular weight excluding hydrogens is 100 g/mol. The van der Waals surface area contributed by atoms with E-state index in [9.17, 15) is 4.79 Å². The van der Waals surface area contributed by atoms with Crippen LogP contribution < -0.4 is 0 Å². The fourth-order valence-corrected chi connectivity index (χ4v) is 0.154. The van der Waals surface area contributed by atoms with Gasteiger partial charge in [-0.25, -0.2) is 4.79 Å². The van der Waals surface area contributed by atoms with Crippen LogP contribution in [0.3, 0.4) is 0 Å². The number of carboxylic acids is 1. The van der Waals surface area contributed by atoms with E-state index < -0.39 is 5.97 Å². The zero-order chi connectivity index (χ0) is 5.70. The number of carbonyl (C=O) groups is 1. The molecular formula is C4H6O3. The van der Waals surface area contributed by atoms with Gasteiger partial charge in [0.1, 0.15) is 0 Å². The van der Waals surface area contributed by atoms with Crippen molar-refractivity contribution >= 4 is 5.97 Å². The number of carboxylic acid groups (broad SMARTS) is 1. The van der Waals surface area contributed by atoms with Crippen LogP contribution in [0.15, 0.2) is 12.2 Å². The van der Waals surface area contributed by atoms with Gasteiger partial charge in [-0.2, -0.15) is 0 Å². The first-order chi connectivity index (χ1) is 3.27. The van der Waals surface area contributed by atoms with Crippen molar-refractivity contribution in [2.45, 2.75) is 0 Å². The standard InChI is InChI=1S/C4H6O3/c5-3-1-2-4(6)7/h1-2,5H,3H2,(H,6,7)/i1+1,2+1,3+1,4+1. The van der Waals surface area contributed by atoms with Crippen molar-refractivity contribution in [3.63, 3.8) is 0 Å². The Morgan fingerprint density at radius 1 is 1.71 bits per heavy atom. The lowest BCUT2D eigenvalue weighted by Gasteiger charge is -1.73. The molecule has 0 aliphatic heterocycles. The van der Waals surface area contributed by atoms with E-state index in [1.54, 1.807) is 0 Å². The first kappa shape index (κ1) is 6.17. The van der Waals surface area contributed by atoms with Crippen molar-refractivity contribution in [1.29, 1.82) is 0 Å². The topological polar surface area (TPSA) is 57.5 Å². The van der Waals surface area contributed by atoms with Gasteiger partial charge in [0.05, 0.1) is 6.61 Å². The molecule has 2 N–H and O–H groups in total. The fraction of sp³-hybridized carbons (Fsp3) is 0.250. The minimum Gasteiger partial charge on any atom is -0.478 e. The van der Waals surface area contributed by atoms with Gasteiger partial charge in [0.15, 0.2) is 0 Å². The average molecular weight is 106 g/mol. The maximum absolute atomic E-state index is 9.56. The van der Waals surface area contributed by atoms with E-state index in [0.717, 1.165) is 12.2 Å². The molecule has 0 fully saturated rings. The van der Waals surface area contributed by atoms with Gasteiger partial charge in [-0.3, -0.25) is 0 Å². The highest BCUT2D eigenvalue weighted by atomic mass is 16.5. The van der Waals surface area contributed by atoms with Crippen LogP contribution in [0.25, 0.3) is 0 Å². The Morgan fingerprint density at radius 2 is 2.29 bits per heavy atom. The second kappa shape index (κ2) is 3.36. The van der Waals surface area contributed by atoms with Crippen LogP contribution in [0.4, 0.5) is 0 Å². The second-order valence-electron chi connectivity index (χ2n) is 0.923. The molecule has 3 heteroatoms. The van der Waals surface area contributed by atoms with Crippen molar-refractivity contribution in [3.05, 3.63) is 12.2 Å². The zero-order valence-corrected chi connectivity index (χ0v) is 3.66. The maximum Gasteiger partial charge on any atom is 0.328 e. The number of aliphatic hydroxyl groups excluding tert-OH is 1. The summed E-state index contributed by atoms with van der Waals surface area (Å²) in [6, 6.07) is 0. The molecule has 0 saturated carbocycles. The van der Waals surface area contributed by atoms with E-state index in [-0.39, 0.29) is 6.61 Å². The lowest BCUT2D eigenvalue weighted by atomic mass is 11.5. The molecule has 0 saturated heterocycles. The third-order valence-electron chi connectivity index (χ3n) is 0.366. The number of aliphatic hydroxyl groups is 1. The summed E-state index contributed by atoms with van der Waals surface area (Å²) in [7, 11) is 0. The SMILES string of the molecule is O=[13C](O)[13CH]=[13CH][13CH2]O. The molecule has 0 aromatic heterocycles. The molecule has 0 amide bonds. The molecule has 0 heterocycles. The predicted molar refractivity (Wildman–Crippen MR) is 23.9 cm³/mol. The fourth-order valence-electron chi connectivity index (χ4n) is 0.154. The molecule has 7 heavy (non-hydrogen) atoms. The summed E-state index contributed by atoms with van der Waals surface area (Å²) in [5.41, 5.74) is 0. The van der Waals surface area contributed by atoms with E-state index in [1.165, 1.54) is 0 Å². The molecule has 0 rings (SSSR count). The highest BCUT2D eigenvalue weighted by Crippen LogP contribution is 1.67. The van der Waals surface area contributed by atoms with Crippen LogP contribution in [-0.4, -0.2) is 22.8 Å².